The monoisotopic (exact) mass is 290 g/mol. The van der Waals surface area contributed by atoms with Gasteiger partial charge in [-0.25, -0.2) is 0 Å². The molecule has 4 heteroatoms. The fourth-order valence-corrected chi connectivity index (χ4v) is 2.97. The van der Waals surface area contributed by atoms with E-state index in [4.69, 9.17) is 9.47 Å². The molecule has 2 aliphatic heterocycles. The van der Waals surface area contributed by atoms with Crippen LogP contribution in [-0.2, 0) is 11.3 Å². The summed E-state index contributed by atoms with van der Waals surface area (Å²) in [7, 11) is 0. The molecule has 2 saturated heterocycles. The van der Waals surface area contributed by atoms with E-state index in [2.05, 4.69) is 34.5 Å². The zero-order valence-electron chi connectivity index (χ0n) is 12.7. The molecule has 0 aromatic heterocycles. The Morgan fingerprint density at radius 1 is 1.14 bits per heavy atom. The molecule has 0 radical (unpaired) electrons. The first-order valence-corrected chi connectivity index (χ1v) is 8.16. The summed E-state index contributed by atoms with van der Waals surface area (Å²) in [5.41, 5.74) is 1.36. The van der Waals surface area contributed by atoms with Gasteiger partial charge in [0, 0.05) is 26.2 Å². The van der Waals surface area contributed by atoms with E-state index in [0.29, 0.717) is 6.61 Å². The quantitative estimate of drug-likeness (QED) is 0.900. The molecular formula is C17H26N2O2. The third-order valence-electron chi connectivity index (χ3n) is 4.22. The Balaban J connectivity index is 1.46. The van der Waals surface area contributed by atoms with Crippen LogP contribution in [-0.4, -0.2) is 50.4 Å². The Morgan fingerprint density at radius 2 is 2.05 bits per heavy atom. The van der Waals surface area contributed by atoms with Crippen LogP contribution in [0.5, 0.6) is 5.75 Å². The molecule has 21 heavy (non-hydrogen) atoms. The number of rotatable bonds is 5. The molecule has 1 N–H and O–H groups in total. The third kappa shape index (κ3) is 4.70. The maximum atomic E-state index is 5.81. The van der Waals surface area contributed by atoms with Gasteiger partial charge >= 0.3 is 0 Å². The number of hydrogen-bond donors (Lipinski definition) is 1. The molecule has 2 aliphatic rings. The van der Waals surface area contributed by atoms with E-state index >= 15 is 0 Å². The summed E-state index contributed by atoms with van der Waals surface area (Å²) >= 11 is 0. The molecule has 1 aromatic rings. The maximum absolute atomic E-state index is 5.81. The van der Waals surface area contributed by atoms with Gasteiger partial charge in [-0.05, 0) is 50.0 Å². The number of hydrogen-bond acceptors (Lipinski definition) is 4. The van der Waals surface area contributed by atoms with Gasteiger partial charge in [0.2, 0.25) is 0 Å². The molecule has 0 amide bonds. The first-order chi connectivity index (χ1) is 10.4. The minimum absolute atomic E-state index is 0.286. The lowest BCUT2D eigenvalue weighted by atomic mass is 10.2. The Hall–Kier alpha value is -1.10. The smallest absolute Gasteiger partial charge is 0.119 e. The molecular weight excluding hydrogens is 264 g/mol. The summed E-state index contributed by atoms with van der Waals surface area (Å²) in [6, 6.07) is 8.53. The van der Waals surface area contributed by atoms with Crippen LogP contribution in [0.15, 0.2) is 24.3 Å². The first kappa shape index (κ1) is 14.8. The van der Waals surface area contributed by atoms with Crippen molar-refractivity contribution in [3.8, 4) is 5.75 Å². The van der Waals surface area contributed by atoms with E-state index < -0.39 is 0 Å². The molecule has 0 bridgehead atoms. The van der Waals surface area contributed by atoms with Gasteiger partial charge in [0.05, 0.1) is 6.10 Å². The van der Waals surface area contributed by atoms with E-state index in [9.17, 15) is 0 Å². The Labute approximate surface area is 127 Å². The predicted octanol–water partition coefficient (Wildman–Crippen LogP) is 2.04. The standard InChI is InChI=1S/C17H26N2O2/c1-3-17(20-12-1)14-21-16-6-4-15(5-7-16)13-19-10-2-8-18-9-11-19/h4-7,17-18H,1-3,8-14H2. The highest BCUT2D eigenvalue weighted by Gasteiger charge is 2.16. The number of benzene rings is 1. The fraction of sp³-hybridized carbons (Fsp3) is 0.647. The summed E-state index contributed by atoms with van der Waals surface area (Å²) in [5.74, 6) is 0.951. The van der Waals surface area contributed by atoms with E-state index in [1.807, 2.05) is 0 Å². The molecule has 1 aromatic carbocycles. The van der Waals surface area contributed by atoms with Gasteiger partial charge < -0.3 is 14.8 Å². The van der Waals surface area contributed by atoms with Gasteiger partial charge in [0.15, 0.2) is 0 Å². The molecule has 4 nitrogen and oxygen atoms in total. The number of nitrogens with one attached hydrogen (secondary N) is 1. The lowest BCUT2D eigenvalue weighted by molar-refractivity contribution is 0.0679. The molecule has 1 unspecified atom stereocenters. The van der Waals surface area contributed by atoms with Crippen LogP contribution in [0.4, 0.5) is 0 Å². The SMILES string of the molecule is c1cc(OCC2CCCO2)ccc1CN1CCCNCC1. The molecule has 0 spiro atoms. The second kappa shape index (κ2) is 7.78. The number of ether oxygens (including phenoxy) is 2. The Morgan fingerprint density at radius 3 is 2.86 bits per heavy atom. The first-order valence-electron chi connectivity index (χ1n) is 8.16. The van der Waals surface area contributed by atoms with Crippen molar-refractivity contribution in [1.82, 2.24) is 10.2 Å². The van der Waals surface area contributed by atoms with Crippen molar-refractivity contribution in [2.24, 2.45) is 0 Å². The van der Waals surface area contributed by atoms with E-state index in [1.165, 1.54) is 18.5 Å². The van der Waals surface area contributed by atoms with Gasteiger partial charge in [-0.2, -0.15) is 0 Å². The fourth-order valence-electron chi connectivity index (χ4n) is 2.97. The molecule has 0 aliphatic carbocycles. The van der Waals surface area contributed by atoms with Crippen LogP contribution in [0.1, 0.15) is 24.8 Å². The van der Waals surface area contributed by atoms with Crippen molar-refractivity contribution in [2.75, 3.05) is 39.4 Å². The van der Waals surface area contributed by atoms with Gasteiger partial charge in [-0.15, -0.1) is 0 Å². The summed E-state index contributed by atoms with van der Waals surface area (Å²) in [6.07, 6.45) is 3.82. The largest absolute Gasteiger partial charge is 0.491 e. The van der Waals surface area contributed by atoms with Gasteiger partial charge in [0.25, 0.3) is 0 Å². The lowest BCUT2D eigenvalue weighted by Gasteiger charge is -2.19. The van der Waals surface area contributed by atoms with E-state index in [1.54, 1.807) is 0 Å². The highest BCUT2D eigenvalue weighted by Crippen LogP contribution is 2.17. The van der Waals surface area contributed by atoms with Crippen LogP contribution < -0.4 is 10.1 Å². The predicted molar refractivity (Wildman–Crippen MR) is 83.7 cm³/mol. The average molecular weight is 290 g/mol. The second-order valence-electron chi connectivity index (χ2n) is 5.97. The third-order valence-corrected chi connectivity index (χ3v) is 4.22. The maximum Gasteiger partial charge on any atom is 0.119 e. The molecule has 2 heterocycles. The zero-order chi connectivity index (χ0) is 14.3. The summed E-state index contributed by atoms with van der Waals surface area (Å²) < 4.78 is 11.4. The van der Waals surface area contributed by atoms with E-state index in [0.717, 1.165) is 51.4 Å². The van der Waals surface area contributed by atoms with Crippen LogP contribution in [0, 0.1) is 0 Å². The minimum atomic E-state index is 0.286. The van der Waals surface area contributed by atoms with Crippen LogP contribution in [0.25, 0.3) is 0 Å². The van der Waals surface area contributed by atoms with Crippen molar-refractivity contribution in [3.05, 3.63) is 29.8 Å². The minimum Gasteiger partial charge on any atom is -0.491 e. The summed E-state index contributed by atoms with van der Waals surface area (Å²) in [6.45, 7) is 7.17. The van der Waals surface area contributed by atoms with Gasteiger partial charge in [-0.1, -0.05) is 12.1 Å². The zero-order valence-corrected chi connectivity index (χ0v) is 12.7. The molecule has 2 fully saturated rings. The van der Waals surface area contributed by atoms with E-state index in [-0.39, 0.29) is 6.10 Å². The average Bonchev–Trinajstić information content (AvgIpc) is 2.91. The molecule has 1 atom stereocenters. The normalized spacial score (nSPS) is 23.9. The second-order valence-corrected chi connectivity index (χ2v) is 5.97. The van der Waals surface area contributed by atoms with Crippen molar-refractivity contribution in [1.29, 1.82) is 0 Å². The molecule has 116 valence electrons. The van der Waals surface area contributed by atoms with Crippen LogP contribution in [0.2, 0.25) is 0 Å². The van der Waals surface area contributed by atoms with Crippen molar-refractivity contribution >= 4 is 0 Å². The number of nitrogens with zero attached hydrogens (tertiary/aromatic N) is 1. The topological polar surface area (TPSA) is 33.7 Å². The van der Waals surface area contributed by atoms with Crippen molar-refractivity contribution in [2.45, 2.75) is 31.9 Å². The Bertz CT molecular complexity index is 407. The summed E-state index contributed by atoms with van der Waals surface area (Å²) in [4.78, 5) is 2.52. The van der Waals surface area contributed by atoms with Crippen LogP contribution >= 0.6 is 0 Å². The van der Waals surface area contributed by atoms with Crippen LogP contribution in [0.3, 0.4) is 0 Å². The molecule has 0 saturated carbocycles. The lowest BCUT2D eigenvalue weighted by Crippen LogP contribution is -2.27. The van der Waals surface area contributed by atoms with Crippen molar-refractivity contribution < 1.29 is 9.47 Å². The highest BCUT2D eigenvalue weighted by molar-refractivity contribution is 5.27. The van der Waals surface area contributed by atoms with Crippen molar-refractivity contribution in [3.63, 3.8) is 0 Å². The Kier molecular flexibility index (Phi) is 5.49. The summed E-state index contributed by atoms with van der Waals surface area (Å²) in [5, 5.41) is 3.44. The highest BCUT2D eigenvalue weighted by atomic mass is 16.5. The molecule has 3 rings (SSSR count). The van der Waals surface area contributed by atoms with Gasteiger partial charge in [-0.3, -0.25) is 4.90 Å². The van der Waals surface area contributed by atoms with Gasteiger partial charge in [0.1, 0.15) is 12.4 Å².